The van der Waals surface area contributed by atoms with E-state index in [1.54, 1.807) is 18.5 Å². The molecule has 1 N–H and O–H groups in total. The van der Waals surface area contributed by atoms with Crippen molar-refractivity contribution in [1.82, 2.24) is 19.7 Å². The number of hydrogen-bond donors (Lipinski definition) is 1. The lowest BCUT2D eigenvalue weighted by molar-refractivity contribution is -0.121. The van der Waals surface area contributed by atoms with Crippen molar-refractivity contribution in [3.05, 3.63) is 84.7 Å². The van der Waals surface area contributed by atoms with Crippen LogP contribution in [0.4, 0.5) is 11.4 Å². The van der Waals surface area contributed by atoms with Crippen LogP contribution < -0.4 is 10.2 Å². The third-order valence-electron chi connectivity index (χ3n) is 5.51. The average molecular weight is 471 g/mol. The number of carbonyl (C=O) groups is 2. The van der Waals surface area contributed by atoms with Gasteiger partial charge in [0.25, 0.3) is 0 Å². The van der Waals surface area contributed by atoms with E-state index in [1.807, 2.05) is 72.2 Å². The molecule has 1 aliphatic heterocycles. The van der Waals surface area contributed by atoms with Crippen molar-refractivity contribution in [1.29, 1.82) is 0 Å². The molecular formula is C25H22N6O2S. The second kappa shape index (κ2) is 9.48. The van der Waals surface area contributed by atoms with Gasteiger partial charge in [0, 0.05) is 18.0 Å². The summed E-state index contributed by atoms with van der Waals surface area (Å²) in [7, 11) is 0. The number of aromatic nitrogens is 4. The maximum absolute atomic E-state index is 13.4. The first-order valence-corrected chi connectivity index (χ1v) is 11.7. The lowest BCUT2D eigenvalue weighted by Gasteiger charge is -2.30. The first kappa shape index (κ1) is 21.8. The summed E-state index contributed by atoms with van der Waals surface area (Å²) in [5.41, 5.74) is 3.32. The van der Waals surface area contributed by atoms with Gasteiger partial charge in [-0.2, -0.15) is 0 Å². The van der Waals surface area contributed by atoms with Crippen molar-refractivity contribution < 1.29 is 9.59 Å². The van der Waals surface area contributed by atoms with Crippen molar-refractivity contribution in [3.63, 3.8) is 0 Å². The molecule has 1 atom stereocenters. The standard InChI is InChI=1S/C25H22N6O2S/c1-17(24(33)30-16-22(32)27-20-9-5-6-10-21(20)30)34-25-29-28-23(19-11-13-26-14-12-19)31(25)15-18-7-3-2-4-8-18/h2-14,17H,15-16H2,1H3,(H,27,32). The third kappa shape index (κ3) is 4.42. The van der Waals surface area contributed by atoms with E-state index in [2.05, 4.69) is 20.5 Å². The molecule has 0 spiro atoms. The highest BCUT2D eigenvalue weighted by atomic mass is 32.2. The maximum Gasteiger partial charge on any atom is 0.244 e. The Hall–Kier alpha value is -3.98. The molecular weight excluding hydrogens is 448 g/mol. The van der Waals surface area contributed by atoms with Gasteiger partial charge in [-0.15, -0.1) is 10.2 Å². The van der Waals surface area contributed by atoms with Crippen LogP contribution >= 0.6 is 11.8 Å². The van der Waals surface area contributed by atoms with E-state index >= 15 is 0 Å². The molecule has 0 saturated carbocycles. The van der Waals surface area contributed by atoms with Crippen molar-refractivity contribution in [3.8, 4) is 11.4 Å². The van der Waals surface area contributed by atoms with Crippen LogP contribution in [0.2, 0.25) is 0 Å². The highest BCUT2D eigenvalue weighted by Gasteiger charge is 2.31. The third-order valence-corrected chi connectivity index (χ3v) is 6.57. The number of anilines is 2. The number of nitrogens with one attached hydrogen (secondary N) is 1. The number of thioether (sulfide) groups is 1. The molecule has 0 radical (unpaired) electrons. The number of fused-ring (bicyclic) bond motifs is 1. The molecule has 2 aromatic carbocycles. The van der Waals surface area contributed by atoms with E-state index in [-0.39, 0.29) is 18.4 Å². The molecule has 9 heteroatoms. The highest BCUT2D eigenvalue weighted by molar-refractivity contribution is 8.00. The SMILES string of the molecule is CC(Sc1nnc(-c2ccncc2)n1Cc1ccccc1)C(=O)N1CC(=O)Nc2ccccc21. The Bertz CT molecular complexity index is 1330. The van der Waals surface area contributed by atoms with E-state index in [0.717, 1.165) is 11.1 Å². The molecule has 5 rings (SSSR count). The molecule has 34 heavy (non-hydrogen) atoms. The summed E-state index contributed by atoms with van der Waals surface area (Å²) in [6, 6.07) is 21.1. The number of nitrogens with zero attached hydrogens (tertiary/aromatic N) is 5. The minimum atomic E-state index is -0.483. The van der Waals surface area contributed by atoms with Crippen molar-refractivity contribution in [2.75, 3.05) is 16.8 Å². The molecule has 3 heterocycles. The summed E-state index contributed by atoms with van der Waals surface area (Å²) < 4.78 is 2.01. The van der Waals surface area contributed by atoms with Gasteiger partial charge in [-0.05, 0) is 36.8 Å². The Morgan fingerprint density at radius 1 is 1.03 bits per heavy atom. The molecule has 170 valence electrons. The van der Waals surface area contributed by atoms with E-state index in [0.29, 0.717) is 28.9 Å². The fraction of sp³-hybridized carbons (Fsp3) is 0.160. The van der Waals surface area contributed by atoms with Gasteiger partial charge in [-0.3, -0.25) is 24.0 Å². The van der Waals surface area contributed by atoms with E-state index in [4.69, 9.17) is 0 Å². The van der Waals surface area contributed by atoms with Crippen LogP contribution in [0.1, 0.15) is 12.5 Å². The number of benzene rings is 2. The Kier molecular flexibility index (Phi) is 6.09. The molecule has 4 aromatic rings. The molecule has 0 fully saturated rings. The normalized spacial score (nSPS) is 13.8. The van der Waals surface area contributed by atoms with Crippen LogP contribution in [-0.4, -0.2) is 43.4 Å². The van der Waals surface area contributed by atoms with Crippen LogP contribution in [0, 0.1) is 0 Å². The minimum absolute atomic E-state index is 0.0142. The second-order valence-electron chi connectivity index (χ2n) is 7.86. The average Bonchev–Trinajstić information content (AvgIpc) is 3.26. The van der Waals surface area contributed by atoms with Gasteiger partial charge < -0.3 is 5.32 Å². The summed E-state index contributed by atoms with van der Waals surface area (Å²) in [5, 5.41) is 11.8. The van der Waals surface area contributed by atoms with Crippen molar-refractivity contribution in [2.24, 2.45) is 0 Å². The lowest BCUT2D eigenvalue weighted by atomic mass is 10.2. The van der Waals surface area contributed by atoms with Crippen LogP contribution in [-0.2, 0) is 16.1 Å². The number of pyridine rings is 1. The topological polar surface area (TPSA) is 93.0 Å². The van der Waals surface area contributed by atoms with Crippen molar-refractivity contribution in [2.45, 2.75) is 23.9 Å². The number of amides is 2. The molecule has 1 unspecified atom stereocenters. The maximum atomic E-state index is 13.4. The first-order valence-electron chi connectivity index (χ1n) is 10.8. The van der Waals surface area contributed by atoms with E-state index in [1.165, 1.54) is 16.7 Å². The Morgan fingerprint density at radius 2 is 1.76 bits per heavy atom. The minimum Gasteiger partial charge on any atom is -0.323 e. The second-order valence-corrected chi connectivity index (χ2v) is 9.17. The molecule has 0 saturated heterocycles. The predicted molar refractivity (Wildman–Crippen MR) is 132 cm³/mol. The molecule has 2 amide bonds. The zero-order valence-electron chi connectivity index (χ0n) is 18.5. The molecule has 1 aliphatic rings. The number of carbonyl (C=O) groups excluding carboxylic acids is 2. The zero-order chi connectivity index (χ0) is 23.5. The quantitative estimate of drug-likeness (QED) is 0.430. The van der Waals surface area contributed by atoms with E-state index < -0.39 is 5.25 Å². The van der Waals surface area contributed by atoms with Gasteiger partial charge >= 0.3 is 0 Å². The summed E-state index contributed by atoms with van der Waals surface area (Å²) in [6.07, 6.45) is 3.43. The fourth-order valence-electron chi connectivity index (χ4n) is 3.86. The first-order chi connectivity index (χ1) is 16.6. The summed E-state index contributed by atoms with van der Waals surface area (Å²) in [6.45, 7) is 2.37. The van der Waals surface area contributed by atoms with Crippen LogP contribution in [0.15, 0.2) is 84.3 Å². The smallest absolute Gasteiger partial charge is 0.244 e. The molecule has 2 aromatic heterocycles. The zero-order valence-corrected chi connectivity index (χ0v) is 19.3. The van der Waals surface area contributed by atoms with Gasteiger partial charge in [0.1, 0.15) is 6.54 Å². The van der Waals surface area contributed by atoms with Gasteiger partial charge in [0.2, 0.25) is 11.8 Å². The van der Waals surface area contributed by atoms with E-state index in [9.17, 15) is 9.59 Å². The van der Waals surface area contributed by atoms with Gasteiger partial charge in [0.15, 0.2) is 11.0 Å². The highest BCUT2D eigenvalue weighted by Crippen LogP contribution is 2.33. The summed E-state index contributed by atoms with van der Waals surface area (Å²) in [4.78, 5) is 31.2. The fourth-order valence-corrected chi connectivity index (χ4v) is 4.77. The monoisotopic (exact) mass is 470 g/mol. The van der Waals surface area contributed by atoms with Crippen molar-refractivity contribution >= 4 is 35.0 Å². The van der Waals surface area contributed by atoms with Crippen LogP contribution in [0.3, 0.4) is 0 Å². The van der Waals surface area contributed by atoms with Gasteiger partial charge in [-0.1, -0.05) is 54.2 Å². The van der Waals surface area contributed by atoms with Gasteiger partial charge in [0.05, 0.1) is 23.2 Å². The Morgan fingerprint density at radius 3 is 2.56 bits per heavy atom. The Labute approximate surface area is 201 Å². The Balaban J connectivity index is 1.44. The number of rotatable bonds is 6. The number of para-hydroxylation sites is 2. The predicted octanol–water partition coefficient (Wildman–Crippen LogP) is 3.85. The van der Waals surface area contributed by atoms with Crippen LogP contribution in [0.5, 0.6) is 0 Å². The summed E-state index contributed by atoms with van der Waals surface area (Å²) >= 11 is 1.33. The number of hydrogen-bond acceptors (Lipinski definition) is 6. The van der Waals surface area contributed by atoms with Gasteiger partial charge in [-0.25, -0.2) is 0 Å². The summed E-state index contributed by atoms with van der Waals surface area (Å²) in [5.74, 6) is 0.333. The molecule has 8 nitrogen and oxygen atoms in total. The molecule has 0 bridgehead atoms. The largest absolute Gasteiger partial charge is 0.323 e. The lowest BCUT2D eigenvalue weighted by Crippen LogP contribution is -2.45. The molecule has 0 aliphatic carbocycles. The van der Waals surface area contributed by atoms with Crippen LogP contribution in [0.25, 0.3) is 11.4 Å².